The fourth-order valence-electron chi connectivity index (χ4n) is 1.32. The molecule has 0 atom stereocenters. The molecule has 2 heterocycles. The summed E-state index contributed by atoms with van der Waals surface area (Å²) >= 11 is 0. The van der Waals surface area contributed by atoms with Crippen molar-refractivity contribution >= 4 is 5.69 Å². The zero-order chi connectivity index (χ0) is 10.5. The summed E-state index contributed by atoms with van der Waals surface area (Å²) in [4.78, 5) is 4.13. The quantitative estimate of drug-likeness (QED) is 0.808. The van der Waals surface area contributed by atoms with E-state index in [9.17, 15) is 0 Å². The number of aryl methyl sites for hydroxylation is 1. The van der Waals surface area contributed by atoms with Crippen LogP contribution in [0.25, 0.3) is 0 Å². The average molecular weight is 203 g/mol. The van der Waals surface area contributed by atoms with E-state index in [0.717, 1.165) is 24.5 Å². The number of hydrogen-bond donors (Lipinski definition) is 1. The molecular weight excluding hydrogens is 190 g/mol. The molecule has 0 spiro atoms. The molecule has 0 amide bonds. The molecule has 0 aliphatic rings. The molecule has 0 saturated heterocycles. The molecule has 0 aliphatic heterocycles. The molecule has 0 radical (unpaired) electrons. The minimum atomic E-state index is 0.807. The van der Waals surface area contributed by atoms with Gasteiger partial charge in [0.25, 0.3) is 0 Å². The molecule has 0 saturated carbocycles. The van der Waals surface area contributed by atoms with E-state index in [0.29, 0.717) is 0 Å². The van der Waals surface area contributed by atoms with E-state index in [-0.39, 0.29) is 0 Å². The normalized spacial score (nSPS) is 10.2. The van der Waals surface area contributed by atoms with Crippen molar-refractivity contribution in [3.8, 4) is 0 Å². The third-order valence-electron chi connectivity index (χ3n) is 2.04. The Bertz CT molecular complexity index is 410. The number of rotatable bonds is 4. The van der Waals surface area contributed by atoms with Gasteiger partial charge in [0.15, 0.2) is 0 Å². The SMILES string of the molecule is Cc1cc(NCCn2ccnn2)ccn1. The molecular formula is C10H13N5. The Labute approximate surface area is 88.1 Å². The smallest absolute Gasteiger partial charge is 0.0692 e. The zero-order valence-electron chi connectivity index (χ0n) is 8.59. The van der Waals surface area contributed by atoms with E-state index in [1.807, 2.05) is 25.3 Å². The molecule has 2 aromatic heterocycles. The molecule has 2 aromatic rings. The number of nitrogens with zero attached hydrogens (tertiary/aromatic N) is 4. The fraction of sp³-hybridized carbons (Fsp3) is 0.300. The van der Waals surface area contributed by atoms with Gasteiger partial charge in [0.2, 0.25) is 0 Å². The van der Waals surface area contributed by atoms with Crippen molar-refractivity contribution in [1.29, 1.82) is 0 Å². The Morgan fingerprint density at radius 2 is 2.33 bits per heavy atom. The van der Waals surface area contributed by atoms with E-state index < -0.39 is 0 Å². The van der Waals surface area contributed by atoms with Gasteiger partial charge in [0, 0.05) is 30.3 Å². The maximum absolute atomic E-state index is 4.13. The second-order valence-electron chi connectivity index (χ2n) is 3.28. The predicted molar refractivity (Wildman–Crippen MR) is 57.5 cm³/mol. The molecule has 0 fully saturated rings. The lowest BCUT2D eigenvalue weighted by molar-refractivity contribution is 0.609. The summed E-state index contributed by atoms with van der Waals surface area (Å²) in [6.07, 6.45) is 5.32. The summed E-state index contributed by atoms with van der Waals surface area (Å²) in [5, 5.41) is 10.9. The van der Waals surface area contributed by atoms with Crippen LogP contribution in [0.15, 0.2) is 30.7 Å². The van der Waals surface area contributed by atoms with Crippen molar-refractivity contribution in [2.24, 2.45) is 0 Å². The summed E-state index contributed by atoms with van der Waals surface area (Å²) in [5.41, 5.74) is 2.10. The third kappa shape index (κ3) is 2.77. The number of nitrogens with one attached hydrogen (secondary N) is 1. The Balaban J connectivity index is 1.83. The molecule has 2 rings (SSSR count). The van der Waals surface area contributed by atoms with Gasteiger partial charge in [0.05, 0.1) is 12.7 Å². The van der Waals surface area contributed by atoms with E-state index in [1.54, 1.807) is 17.1 Å². The lowest BCUT2D eigenvalue weighted by atomic mass is 10.3. The van der Waals surface area contributed by atoms with Crippen molar-refractivity contribution in [3.63, 3.8) is 0 Å². The highest BCUT2D eigenvalue weighted by Gasteiger charge is 1.93. The highest BCUT2D eigenvalue weighted by atomic mass is 15.4. The molecule has 0 bridgehead atoms. The van der Waals surface area contributed by atoms with Gasteiger partial charge in [0.1, 0.15) is 0 Å². The molecule has 1 N–H and O–H groups in total. The van der Waals surface area contributed by atoms with Crippen molar-refractivity contribution < 1.29 is 0 Å². The van der Waals surface area contributed by atoms with Crippen LogP contribution in [0.4, 0.5) is 5.69 Å². The van der Waals surface area contributed by atoms with Crippen LogP contribution in [-0.4, -0.2) is 26.5 Å². The summed E-state index contributed by atoms with van der Waals surface area (Å²) in [6, 6.07) is 3.97. The van der Waals surface area contributed by atoms with Crippen LogP contribution in [-0.2, 0) is 6.54 Å². The van der Waals surface area contributed by atoms with Gasteiger partial charge < -0.3 is 5.32 Å². The predicted octanol–water partition coefficient (Wildman–Crippen LogP) is 1.09. The Morgan fingerprint density at radius 3 is 3.07 bits per heavy atom. The first-order valence-electron chi connectivity index (χ1n) is 4.85. The second-order valence-corrected chi connectivity index (χ2v) is 3.28. The summed E-state index contributed by atoms with van der Waals surface area (Å²) in [7, 11) is 0. The van der Waals surface area contributed by atoms with Crippen LogP contribution >= 0.6 is 0 Å². The monoisotopic (exact) mass is 203 g/mol. The summed E-state index contributed by atoms with van der Waals surface area (Å²) in [6.45, 7) is 3.61. The number of hydrogen-bond acceptors (Lipinski definition) is 4. The highest BCUT2D eigenvalue weighted by Crippen LogP contribution is 2.06. The zero-order valence-corrected chi connectivity index (χ0v) is 8.59. The maximum Gasteiger partial charge on any atom is 0.0692 e. The minimum absolute atomic E-state index is 0.807. The van der Waals surface area contributed by atoms with E-state index in [1.165, 1.54) is 0 Å². The average Bonchev–Trinajstić information content (AvgIpc) is 2.71. The van der Waals surface area contributed by atoms with E-state index >= 15 is 0 Å². The van der Waals surface area contributed by atoms with Gasteiger partial charge in [-0.2, -0.15) is 0 Å². The van der Waals surface area contributed by atoms with Crippen LogP contribution in [0, 0.1) is 6.92 Å². The minimum Gasteiger partial charge on any atom is -0.383 e. The van der Waals surface area contributed by atoms with Crippen LogP contribution in [0.3, 0.4) is 0 Å². The maximum atomic E-state index is 4.13. The Hall–Kier alpha value is -1.91. The molecule has 0 aliphatic carbocycles. The van der Waals surface area contributed by atoms with E-state index in [2.05, 4.69) is 20.6 Å². The third-order valence-corrected chi connectivity index (χ3v) is 2.04. The Morgan fingerprint density at radius 1 is 1.40 bits per heavy atom. The second kappa shape index (κ2) is 4.54. The number of aromatic nitrogens is 4. The topological polar surface area (TPSA) is 55.6 Å². The number of anilines is 1. The van der Waals surface area contributed by atoms with Gasteiger partial charge in [-0.05, 0) is 19.1 Å². The molecule has 78 valence electrons. The first kappa shape index (κ1) is 9.64. The first-order valence-corrected chi connectivity index (χ1v) is 4.85. The first-order chi connectivity index (χ1) is 7.34. The van der Waals surface area contributed by atoms with Gasteiger partial charge in [-0.25, -0.2) is 0 Å². The summed E-state index contributed by atoms with van der Waals surface area (Å²) < 4.78 is 1.79. The molecule has 0 aromatic carbocycles. The van der Waals surface area contributed by atoms with E-state index in [4.69, 9.17) is 0 Å². The van der Waals surface area contributed by atoms with Crippen molar-refractivity contribution in [1.82, 2.24) is 20.0 Å². The largest absolute Gasteiger partial charge is 0.383 e. The van der Waals surface area contributed by atoms with Gasteiger partial charge >= 0.3 is 0 Å². The molecule has 5 nitrogen and oxygen atoms in total. The van der Waals surface area contributed by atoms with Gasteiger partial charge in [-0.3, -0.25) is 9.67 Å². The fourth-order valence-corrected chi connectivity index (χ4v) is 1.32. The standard InChI is InChI=1S/C10H13N5/c1-9-8-10(2-3-11-9)12-4-6-15-7-5-13-14-15/h2-3,5,7-8H,4,6H2,1H3,(H,11,12). The van der Waals surface area contributed by atoms with Crippen LogP contribution in [0.1, 0.15) is 5.69 Å². The molecule has 5 heteroatoms. The van der Waals surface area contributed by atoms with Crippen molar-refractivity contribution in [2.75, 3.05) is 11.9 Å². The van der Waals surface area contributed by atoms with Crippen molar-refractivity contribution in [2.45, 2.75) is 13.5 Å². The van der Waals surface area contributed by atoms with Crippen LogP contribution in [0.5, 0.6) is 0 Å². The summed E-state index contributed by atoms with van der Waals surface area (Å²) in [5.74, 6) is 0. The van der Waals surface area contributed by atoms with Crippen molar-refractivity contribution in [3.05, 3.63) is 36.4 Å². The lowest BCUT2D eigenvalue weighted by Gasteiger charge is -2.06. The lowest BCUT2D eigenvalue weighted by Crippen LogP contribution is -2.11. The molecule has 15 heavy (non-hydrogen) atoms. The van der Waals surface area contributed by atoms with Gasteiger partial charge in [-0.1, -0.05) is 5.21 Å². The van der Waals surface area contributed by atoms with Crippen LogP contribution < -0.4 is 5.32 Å². The number of pyridine rings is 1. The molecule has 0 unspecified atom stereocenters. The van der Waals surface area contributed by atoms with Crippen LogP contribution in [0.2, 0.25) is 0 Å². The Kier molecular flexibility index (Phi) is 2.92. The highest BCUT2D eigenvalue weighted by molar-refractivity contribution is 5.42. The van der Waals surface area contributed by atoms with Gasteiger partial charge in [-0.15, -0.1) is 5.10 Å².